The van der Waals surface area contributed by atoms with E-state index in [9.17, 15) is 14.0 Å². The third-order valence-electron chi connectivity index (χ3n) is 4.81. The number of pyridine rings is 1. The predicted octanol–water partition coefficient (Wildman–Crippen LogP) is 2.49. The number of rotatable bonds is 8. The topological polar surface area (TPSA) is 124 Å². The molecule has 0 unspecified atom stereocenters. The fourth-order valence-electron chi connectivity index (χ4n) is 3.17. The van der Waals surface area contributed by atoms with Crippen molar-refractivity contribution in [2.45, 2.75) is 6.54 Å². The van der Waals surface area contributed by atoms with Gasteiger partial charge in [-0.05, 0) is 40.8 Å². The van der Waals surface area contributed by atoms with E-state index in [1.54, 1.807) is 37.6 Å². The molecule has 4 rings (SSSR count). The van der Waals surface area contributed by atoms with Crippen molar-refractivity contribution in [1.29, 1.82) is 0 Å². The fourth-order valence-corrected chi connectivity index (χ4v) is 4.00. The molecule has 3 aromatic heterocycles. The minimum atomic E-state index is -0.334. The number of nitrogens with one attached hydrogen (secondary N) is 2. The van der Waals surface area contributed by atoms with Crippen molar-refractivity contribution in [3.05, 3.63) is 69.8 Å². The van der Waals surface area contributed by atoms with Gasteiger partial charge in [0.05, 0.1) is 17.0 Å². The van der Waals surface area contributed by atoms with Crippen LogP contribution in [0.25, 0.3) is 16.8 Å². The maximum Gasteiger partial charge on any atom is 0.261 e. The zero-order valence-corrected chi connectivity index (χ0v) is 18.5. The number of hydrogen-bond donors (Lipinski definition) is 3. The van der Waals surface area contributed by atoms with Crippen LogP contribution < -0.4 is 16.4 Å². The molecule has 4 N–H and O–H groups in total. The van der Waals surface area contributed by atoms with Crippen LogP contribution in [-0.2, 0) is 11.3 Å². The van der Waals surface area contributed by atoms with Crippen molar-refractivity contribution in [2.24, 2.45) is 0 Å². The lowest BCUT2D eigenvalue weighted by Gasteiger charge is -2.08. The molecule has 0 saturated heterocycles. The highest BCUT2D eigenvalue weighted by Crippen LogP contribution is 2.28. The van der Waals surface area contributed by atoms with E-state index >= 15 is 0 Å². The van der Waals surface area contributed by atoms with Gasteiger partial charge in [0.2, 0.25) is 5.95 Å². The van der Waals surface area contributed by atoms with Crippen LogP contribution in [0, 0.1) is 5.82 Å². The second kappa shape index (κ2) is 9.76. The Balaban J connectivity index is 1.55. The summed E-state index contributed by atoms with van der Waals surface area (Å²) in [5.74, 6) is -0.868. The molecule has 9 nitrogen and oxygen atoms in total. The van der Waals surface area contributed by atoms with Gasteiger partial charge in [0.15, 0.2) is 5.65 Å². The fraction of sp³-hybridized carbons (Fsp3) is 0.182. The maximum absolute atomic E-state index is 13.0. The highest BCUT2D eigenvalue weighted by atomic mass is 32.1. The van der Waals surface area contributed by atoms with Crippen LogP contribution >= 0.6 is 11.3 Å². The number of halogens is 1. The van der Waals surface area contributed by atoms with Gasteiger partial charge in [0, 0.05) is 32.0 Å². The Labute approximate surface area is 192 Å². The first kappa shape index (κ1) is 22.4. The van der Waals surface area contributed by atoms with E-state index in [0.717, 1.165) is 11.1 Å². The van der Waals surface area contributed by atoms with E-state index in [-0.39, 0.29) is 30.1 Å². The van der Waals surface area contributed by atoms with E-state index in [1.165, 1.54) is 28.0 Å². The SMILES string of the molecule is COCCNC(=O)c1cc(-c2csc(C(=O)NCc3ccc(F)cc3)c2)cn2nc(N)nc12. The number of amides is 2. The molecular formula is C22H21FN6O3S. The van der Waals surface area contributed by atoms with Gasteiger partial charge in [-0.15, -0.1) is 16.4 Å². The zero-order valence-electron chi connectivity index (χ0n) is 17.7. The van der Waals surface area contributed by atoms with E-state index in [2.05, 4.69) is 20.7 Å². The molecule has 0 aliphatic rings. The molecule has 11 heteroatoms. The van der Waals surface area contributed by atoms with Crippen LogP contribution in [0.15, 0.2) is 48.0 Å². The van der Waals surface area contributed by atoms with Crippen LogP contribution in [0.5, 0.6) is 0 Å². The molecule has 3 heterocycles. The molecule has 0 bridgehead atoms. The average Bonchev–Trinajstić information content (AvgIpc) is 3.44. The summed E-state index contributed by atoms with van der Waals surface area (Å²) in [4.78, 5) is 29.9. The van der Waals surface area contributed by atoms with Crippen LogP contribution in [0.1, 0.15) is 25.6 Å². The Morgan fingerprint density at radius 2 is 1.94 bits per heavy atom. The number of nitrogens with zero attached hydrogens (tertiary/aromatic N) is 3. The van der Waals surface area contributed by atoms with Crippen LogP contribution in [0.2, 0.25) is 0 Å². The molecule has 4 aromatic rings. The molecule has 0 aliphatic carbocycles. The number of nitrogen functional groups attached to an aromatic ring is 1. The normalized spacial score (nSPS) is 11.0. The number of methoxy groups -OCH3 is 1. The highest BCUT2D eigenvalue weighted by Gasteiger charge is 2.18. The van der Waals surface area contributed by atoms with E-state index in [4.69, 9.17) is 10.5 Å². The van der Waals surface area contributed by atoms with Gasteiger partial charge >= 0.3 is 0 Å². The van der Waals surface area contributed by atoms with Crippen LogP contribution in [0.4, 0.5) is 10.3 Å². The van der Waals surface area contributed by atoms with E-state index in [0.29, 0.717) is 34.8 Å². The number of nitrogens with two attached hydrogens (primary N) is 1. The van der Waals surface area contributed by atoms with E-state index in [1.807, 2.05) is 5.38 Å². The number of anilines is 1. The second-order valence-corrected chi connectivity index (χ2v) is 8.05. The molecule has 0 aliphatic heterocycles. The first-order valence-corrected chi connectivity index (χ1v) is 10.9. The van der Waals surface area contributed by atoms with Gasteiger partial charge < -0.3 is 21.1 Å². The second-order valence-electron chi connectivity index (χ2n) is 7.14. The lowest BCUT2D eigenvalue weighted by atomic mass is 10.1. The monoisotopic (exact) mass is 468 g/mol. The standard InChI is InChI=1S/C22H21FN6O3S/c1-32-7-6-25-20(30)17-8-14(11-29-19(17)27-22(24)28-29)15-9-18(33-12-15)21(31)26-10-13-2-4-16(23)5-3-13/h2-5,8-9,11-12H,6-7,10H2,1H3,(H2,24,28)(H,25,30)(H,26,31). The van der Waals surface area contributed by atoms with Crippen molar-refractivity contribution >= 4 is 34.7 Å². The minimum absolute atomic E-state index is 0.0456. The number of carbonyl (C=O) groups is 2. The van der Waals surface area contributed by atoms with E-state index < -0.39 is 0 Å². The summed E-state index contributed by atoms with van der Waals surface area (Å²) in [6, 6.07) is 9.36. The van der Waals surface area contributed by atoms with Crippen molar-refractivity contribution in [1.82, 2.24) is 25.2 Å². The number of thiophene rings is 1. The number of aromatic nitrogens is 3. The van der Waals surface area contributed by atoms with Gasteiger partial charge in [-0.1, -0.05) is 12.1 Å². The molecule has 1 aromatic carbocycles. The first-order valence-electron chi connectivity index (χ1n) is 9.99. The maximum atomic E-state index is 13.0. The number of benzene rings is 1. The van der Waals surface area contributed by atoms with Crippen LogP contribution in [-0.4, -0.2) is 46.7 Å². The van der Waals surface area contributed by atoms with Crippen molar-refractivity contribution in [2.75, 3.05) is 26.0 Å². The number of carbonyl (C=O) groups excluding carboxylic acids is 2. The van der Waals surface area contributed by atoms with Gasteiger partial charge in [0.25, 0.3) is 11.8 Å². The Morgan fingerprint density at radius 3 is 2.70 bits per heavy atom. The average molecular weight is 469 g/mol. The van der Waals surface area contributed by atoms with Gasteiger partial charge in [-0.3, -0.25) is 9.59 Å². The van der Waals surface area contributed by atoms with Crippen molar-refractivity contribution in [3.8, 4) is 11.1 Å². The summed E-state index contributed by atoms with van der Waals surface area (Å²) in [5, 5.41) is 11.5. The Hall–Kier alpha value is -3.83. The predicted molar refractivity (Wildman–Crippen MR) is 122 cm³/mol. The minimum Gasteiger partial charge on any atom is -0.383 e. The quantitative estimate of drug-likeness (QED) is 0.342. The Morgan fingerprint density at radius 1 is 1.15 bits per heavy atom. The Kier molecular flexibility index (Phi) is 6.61. The molecule has 0 radical (unpaired) electrons. The first-order chi connectivity index (χ1) is 15.9. The molecular weight excluding hydrogens is 447 g/mol. The number of hydrogen-bond acceptors (Lipinski definition) is 7. The van der Waals surface area contributed by atoms with Gasteiger partial charge in [-0.25, -0.2) is 8.91 Å². The number of fused-ring (bicyclic) bond motifs is 1. The number of ether oxygens (including phenoxy) is 1. The van der Waals surface area contributed by atoms with Crippen molar-refractivity contribution < 1.29 is 18.7 Å². The molecule has 2 amide bonds. The summed E-state index contributed by atoms with van der Waals surface area (Å²) in [7, 11) is 1.55. The third-order valence-corrected chi connectivity index (χ3v) is 5.74. The smallest absolute Gasteiger partial charge is 0.261 e. The zero-order chi connectivity index (χ0) is 23.4. The molecule has 170 valence electrons. The summed E-state index contributed by atoms with van der Waals surface area (Å²) >= 11 is 1.27. The summed E-state index contributed by atoms with van der Waals surface area (Å²) in [6.45, 7) is 0.992. The summed E-state index contributed by atoms with van der Waals surface area (Å²) < 4.78 is 19.5. The van der Waals surface area contributed by atoms with Gasteiger partial charge in [-0.2, -0.15) is 4.98 Å². The lowest BCUT2D eigenvalue weighted by Crippen LogP contribution is -2.27. The summed E-state index contributed by atoms with van der Waals surface area (Å²) in [6.07, 6.45) is 1.70. The van der Waals surface area contributed by atoms with Crippen molar-refractivity contribution in [3.63, 3.8) is 0 Å². The molecule has 0 saturated carbocycles. The largest absolute Gasteiger partial charge is 0.383 e. The molecule has 0 fully saturated rings. The molecule has 0 atom stereocenters. The summed E-state index contributed by atoms with van der Waals surface area (Å²) in [5.41, 5.74) is 8.59. The third kappa shape index (κ3) is 5.16. The van der Waals surface area contributed by atoms with Crippen LogP contribution in [0.3, 0.4) is 0 Å². The molecule has 0 spiro atoms. The lowest BCUT2D eigenvalue weighted by molar-refractivity contribution is 0.0935. The molecule has 33 heavy (non-hydrogen) atoms. The Bertz CT molecular complexity index is 1300. The van der Waals surface area contributed by atoms with Gasteiger partial charge in [0.1, 0.15) is 5.82 Å². The highest BCUT2D eigenvalue weighted by molar-refractivity contribution is 7.12.